The summed E-state index contributed by atoms with van der Waals surface area (Å²) in [7, 11) is -7.28. The first-order valence-corrected chi connectivity index (χ1v) is 10.9. The quantitative estimate of drug-likeness (QED) is 0.731. The highest BCUT2D eigenvalue weighted by molar-refractivity contribution is 7.92. The topological polar surface area (TPSA) is 143 Å². The van der Waals surface area contributed by atoms with Crippen molar-refractivity contribution in [2.24, 2.45) is 0 Å². The van der Waals surface area contributed by atoms with Gasteiger partial charge in [0, 0.05) is 11.8 Å². The summed E-state index contributed by atoms with van der Waals surface area (Å²) < 4.78 is 49.9. The summed E-state index contributed by atoms with van der Waals surface area (Å²) in [5.41, 5.74) is -0.0314. The zero-order valence-electron chi connectivity index (χ0n) is 12.9. The number of anilines is 1. The van der Waals surface area contributed by atoms with Crippen molar-refractivity contribution in [2.75, 3.05) is 17.8 Å². The monoisotopic (exact) mass is 401 g/mol. The molecule has 25 heavy (non-hydrogen) atoms. The molecule has 0 atom stereocenters. The van der Waals surface area contributed by atoms with Crippen LogP contribution in [0.1, 0.15) is 15.9 Å². The first-order valence-electron chi connectivity index (χ1n) is 6.40. The summed E-state index contributed by atoms with van der Waals surface area (Å²) in [5.74, 6) is -0.896. The van der Waals surface area contributed by atoms with Crippen LogP contribution in [0.25, 0.3) is 0 Å². The summed E-state index contributed by atoms with van der Waals surface area (Å²) in [6.07, 6.45) is 2.95. The van der Waals surface area contributed by atoms with Crippen molar-refractivity contribution in [3.63, 3.8) is 0 Å². The number of hydrogen-bond donors (Lipinski definition) is 1. The Bertz CT molecular complexity index is 1080. The van der Waals surface area contributed by atoms with E-state index in [4.69, 9.17) is 5.26 Å². The molecule has 0 bridgehead atoms. The van der Waals surface area contributed by atoms with Gasteiger partial charge in [-0.05, 0) is 18.2 Å². The van der Waals surface area contributed by atoms with Crippen LogP contribution in [0, 0.1) is 11.3 Å². The van der Waals surface area contributed by atoms with E-state index in [0.717, 1.165) is 36.1 Å². The average molecular weight is 401 g/mol. The van der Waals surface area contributed by atoms with Gasteiger partial charge in [-0.15, -0.1) is 0 Å². The van der Waals surface area contributed by atoms with Crippen molar-refractivity contribution in [1.29, 1.82) is 5.26 Å². The van der Waals surface area contributed by atoms with Crippen LogP contribution in [0.5, 0.6) is 5.75 Å². The van der Waals surface area contributed by atoms with E-state index in [1.807, 2.05) is 0 Å². The standard InChI is InChI=1S/C13H11N3O6S3/c1-24(18,19)11-7-15-13(23-11)16-12(17)9-3-8(6-14)4-10(5-9)22-25(2,20)21/h3-5,7H,1-2H3,(H,15,16,17). The third kappa shape index (κ3) is 5.24. The fourth-order valence-electron chi connectivity index (χ4n) is 1.68. The number of rotatable bonds is 5. The van der Waals surface area contributed by atoms with Gasteiger partial charge in [-0.2, -0.15) is 13.7 Å². The van der Waals surface area contributed by atoms with Crippen LogP contribution in [-0.4, -0.2) is 40.2 Å². The lowest BCUT2D eigenvalue weighted by molar-refractivity contribution is 0.102. The second-order valence-corrected chi connectivity index (χ2v) is 9.70. The van der Waals surface area contributed by atoms with E-state index in [-0.39, 0.29) is 26.2 Å². The normalized spacial score (nSPS) is 11.6. The van der Waals surface area contributed by atoms with Gasteiger partial charge in [0.05, 0.1) is 24.1 Å². The molecule has 0 saturated carbocycles. The van der Waals surface area contributed by atoms with Crippen molar-refractivity contribution in [1.82, 2.24) is 4.98 Å². The maximum absolute atomic E-state index is 12.3. The Morgan fingerprint density at radius 3 is 2.44 bits per heavy atom. The van der Waals surface area contributed by atoms with Crippen molar-refractivity contribution < 1.29 is 25.8 Å². The largest absolute Gasteiger partial charge is 0.383 e. The molecule has 0 spiro atoms. The highest BCUT2D eigenvalue weighted by Crippen LogP contribution is 2.24. The van der Waals surface area contributed by atoms with Crippen molar-refractivity contribution >= 4 is 42.3 Å². The third-order valence-corrected chi connectivity index (χ3v) is 5.81. The Kier molecular flexibility index (Phi) is 5.12. The molecule has 132 valence electrons. The van der Waals surface area contributed by atoms with E-state index in [2.05, 4.69) is 14.5 Å². The van der Waals surface area contributed by atoms with E-state index in [1.54, 1.807) is 6.07 Å². The predicted octanol–water partition coefficient (Wildman–Crippen LogP) is 1.01. The van der Waals surface area contributed by atoms with Gasteiger partial charge in [-0.1, -0.05) is 11.3 Å². The number of nitrogens with one attached hydrogen (secondary N) is 1. The summed E-state index contributed by atoms with van der Waals surface area (Å²) in [4.78, 5) is 16.0. The highest BCUT2D eigenvalue weighted by Gasteiger charge is 2.16. The Labute approximate surface area is 147 Å². The third-order valence-electron chi connectivity index (χ3n) is 2.62. The Morgan fingerprint density at radius 1 is 1.24 bits per heavy atom. The van der Waals surface area contributed by atoms with Gasteiger partial charge >= 0.3 is 10.1 Å². The summed E-state index contributed by atoms with van der Waals surface area (Å²) in [6, 6.07) is 5.33. The van der Waals surface area contributed by atoms with Crippen LogP contribution >= 0.6 is 11.3 Å². The summed E-state index contributed by atoms with van der Waals surface area (Å²) in [5, 5.41) is 11.4. The van der Waals surface area contributed by atoms with E-state index in [1.165, 1.54) is 12.1 Å². The van der Waals surface area contributed by atoms with Gasteiger partial charge in [0.25, 0.3) is 5.91 Å². The number of benzene rings is 1. The van der Waals surface area contributed by atoms with Gasteiger partial charge in [0.2, 0.25) is 0 Å². The molecule has 0 unspecified atom stereocenters. The maximum Gasteiger partial charge on any atom is 0.306 e. The second kappa shape index (κ2) is 6.79. The molecule has 9 nitrogen and oxygen atoms in total. The number of nitriles is 1. The zero-order chi connectivity index (χ0) is 18.8. The highest BCUT2D eigenvalue weighted by atomic mass is 32.2. The predicted molar refractivity (Wildman–Crippen MR) is 89.8 cm³/mol. The van der Waals surface area contributed by atoms with Gasteiger partial charge in [0.15, 0.2) is 15.0 Å². The van der Waals surface area contributed by atoms with Crippen molar-refractivity contribution in [2.45, 2.75) is 4.21 Å². The van der Waals surface area contributed by atoms with Gasteiger partial charge in [0.1, 0.15) is 9.96 Å². The summed E-state index contributed by atoms with van der Waals surface area (Å²) >= 11 is 0.764. The molecular formula is C13H11N3O6S3. The molecule has 1 aromatic carbocycles. The molecule has 0 aliphatic carbocycles. The van der Waals surface area contributed by atoms with Gasteiger partial charge in [-0.25, -0.2) is 13.4 Å². The SMILES string of the molecule is CS(=O)(=O)Oc1cc(C#N)cc(C(=O)Nc2ncc(S(C)(=O)=O)s2)c1. The van der Waals surface area contributed by atoms with Crippen LogP contribution in [0.15, 0.2) is 28.6 Å². The van der Waals surface area contributed by atoms with Crippen LogP contribution < -0.4 is 9.50 Å². The number of sulfone groups is 1. The van der Waals surface area contributed by atoms with E-state index < -0.39 is 25.9 Å². The molecule has 0 saturated heterocycles. The smallest absolute Gasteiger partial charge is 0.306 e. The first-order chi connectivity index (χ1) is 11.5. The average Bonchev–Trinajstić information content (AvgIpc) is 2.93. The number of nitrogens with zero attached hydrogens (tertiary/aromatic N) is 2. The fraction of sp³-hybridized carbons (Fsp3) is 0.154. The number of thiazole rings is 1. The molecule has 1 N–H and O–H groups in total. The zero-order valence-corrected chi connectivity index (χ0v) is 15.3. The first kappa shape index (κ1) is 18.8. The lowest BCUT2D eigenvalue weighted by atomic mass is 10.1. The minimum absolute atomic E-state index is 0.0160. The number of aromatic nitrogens is 1. The number of carbonyl (C=O) groups excluding carboxylic acids is 1. The fourth-order valence-corrected chi connectivity index (χ4v) is 3.75. The molecule has 0 fully saturated rings. The number of carbonyl (C=O) groups is 1. The van der Waals surface area contributed by atoms with Gasteiger partial charge < -0.3 is 4.18 Å². The lowest BCUT2D eigenvalue weighted by Crippen LogP contribution is -2.13. The molecule has 2 aromatic rings. The molecule has 1 aromatic heterocycles. The molecule has 0 aliphatic heterocycles. The Morgan fingerprint density at radius 2 is 1.92 bits per heavy atom. The van der Waals surface area contributed by atoms with Gasteiger partial charge in [-0.3, -0.25) is 10.1 Å². The molecule has 12 heteroatoms. The van der Waals surface area contributed by atoms with Crippen LogP contribution in [0.4, 0.5) is 5.13 Å². The Balaban J connectivity index is 2.31. The minimum Gasteiger partial charge on any atom is -0.383 e. The lowest BCUT2D eigenvalue weighted by Gasteiger charge is -2.07. The number of hydrogen-bond acceptors (Lipinski definition) is 9. The van der Waals surface area contributed by atoms with Crippen LogP contribution in [0.2, 0.25) is 0 Å². The molecular weight excluding hydrogens is 390 g/mol. The van der Waals surface area contributed by atoms with Crippen molar-refractivity contribution in [3.05, 3.63) is 35.5 Å². The molecule has 2 rings (SSSR count). The Hall–Kier alpha value is -2.49. The van der Waals surface area contributed by atoms with E-state index in [0.29, 0.717) is 0 Å². The molecule has 0 radical (unpaired) electrons. The van der Waals surface area contributed by atoms with E-state index in [9.17, 15) is 21.6 Å². The molecule has 1 amide bonds. The van der Waals surface area contributed by atoms with Crippen LogP contribution in [0.3, 0.4) is 0 Å². The van der Waals surface area contributed by atoms with Crippen LogP contribution in [-0.2, 0) is 20.0 Å². The second-order valence-electron chi connectivity index (χ2n) is 4.86. The maximum atomic E-state index is 12.3. The molecule has 1 heterocycles. The van der Waals surface area contributed by atoms with Crippen molar-refractivity contribution in [3.8, 4) is 11.8 Å². The molecule has 0 aliphatic rings. The minimum atomic E-state index is -3.83. The number of amides is 1. The van der Waals surface area contributed by atoms with E-state index >= 15 is 0 Å². The summed E-state index contributed by atoms with van der Waals surface area (Å²) in [6.45, 7) is 0.